The zero-order chi connectivity index (χ0) is 17.3. The molecule has 0 aliphatic heterocycles. The van der Waals surface area contributed by atoms with Crippen molar-refractivity contribution in [3.63, 3.8) is 0 Å². The number of amides is 1. The number of para-hydroxylation sites is 2. The van der Waals surface area contributed by atoms with E-state index in [9.17, 15) is 4.79 Å². The van der Waals surface area contributed by atoms with Gasteiger partial charge in [0, 0.05) is 11.4 Å². The Morgan fingerprint density at radius 2 is 1.42 bits per heavy atom. The number of carbonyl (C=O) groups excluding carboxylic acids is 1. The van der Waals surface area contributed by atoms with Crippen LogP contribution >= 0.6 is 23.2 Å². The number of allylic oxidation sites excluding steroid dienone is 1. The van der Waals surface area contributed by atoms with E-state index in [1.165, 1.54) is 0 Å². The summed E-state index contributed by atoms with van der Waals surface area (Å²) < 4.78 is 0.217. The lowest BCUT2D eigenvalue weighted by atomic mass is 10.1. The summed E-state index contributed by atoms with van der Waals surface area (Å²) in [7, 11) is 0. The highest BCUT2D eigenvalue weighted by molar-refractivity contribution is 6.55. The van der Waals surface area contributed by atoms with Crippen molar-refractivity contribution in [2.75, 3.05) is 4.90 Å². The Labute approximate surface area is 152 Å². The first-order valence-electron chi connectivity index (χ1n) is 7.90. The SMILES string of the molecule is CC1(C)[C@H](C(=O)N(c2ccccc2)c2ccccc2)[C@@H]1C=C(Cl)Cl. The maximum absolute atomic E-state index is 13.3. The Balaban J connectivity index is 1.98. The molecule has 1 aliphatic rings. The molecule has 2 nitrogen and oxygen atoms in total. The van der Waals surface area contributed by atoms with Crippen molar-refractivity contribution in [2.45, 2.75) is 13.8 Å². The first-order chi connectivity index (χ1) is 11.4. The molecular formula is C20H19Cl2NO. The molecule has 0 aromatic heterocycles. The Morgan fingerprint density at radius 1 is 0.958 bits per heavy atom. The second kappa shape index (κ2) is 6.62. The number of anilines is 2. The number of hydrogen-bond donors (Lipinski definition) is 0. The number of nitrogens with zero attached hydrogens (tertiary/aromatic N) is 1. The lowest BCUT2D eigenvalue weighted by Crippen LogP contribution is -2.29. The molecule has 1 saturated carbocycles. The average Bonchev–Trinajstić information content (AvgIpc) is 3.09. The molecule has 1 aliphatic carbocycles. The first kappa shape index (κ1) is 17.1. The largest absolute Gasteiger partial charge is 0.281 e. The van der Waals surface area contributed by atoms with Crippen LogP contribution in [-0.4, -0.2) is 5.91 Å². The molecule has 0 unspecified atom stereocenters. The third-order valence-corrected chi connectivity index (χ3v) is 4.98. The van der Waals surface area contributed by atoms with Gasteiger partial charge in [0.1, 0.15) is 4.49 Å². The van der Waals surface area contributed by atoms with Crippen LogP contribution < -0.4 is 4.90 Å². The van der Waals surface area contributed by atoms with Crippen molar-refractivity contribution in [2.24, 2.45) is 17.3 Å². The summed E-state index contributed by atoms with van der Waals surface area (Å²) in [4.78, 5) is 15.1. The normalized spacial score (nSPS) is 21.0. The van der Waals surface area contributed by atoms with Crippen LogP contribution in [0.1, 0.15) is 13.8 Å². The van der Waals surface area contributed by atoms with Gasteiger partial charge in [0.05, 0.1) is 5.92 Å². The second-order valence-corrected chi connectivity index (χ2v) is 7.63. The van der Waals surface area contributed by atoms with Crippen molar-refractivity contribution in [3.05, 3.63) is 71.2 Å². The van der Waals surface area contributed by atoms with Crippen LogP contribution in [-0.2, 0) is 4.79 Å². The number of halogens is 2. The number of benzene rings is 2. The van der Waals surface area contributed by atoms with Gasteiger partial charge in [-0.3, -0.25) is 9.69 Å². The Hall–Kier alpha value is -1.77. The molecule has 2 aromatic rings. The van der Waals surface area contributed by atoms with E-state index in [1.54, 1.807) is 11.0 Å². The van der Waals surface area contributed by atoms with Gasteiger partial charge in [-0.1, -0.05) is 73.4 Å². The maximum Gasteiger partial charge on any atom is 0.235 e. The number of hydrogen-bond acceptors (Lipinski definition) is 1. The third-order valence-electron chi connectivity index (χ3n) is 4.73. The minimum atomic E-state index is -0.159. The summed E-state index contributed by atoms with van der Waals surface area (Å²) in [6.45, 7) is 4.14. The smallest absolute Gasteiger partial charge is 0.235 e. The summed E-state index contributed by atoms with van der Waals surface area (Å²) >= 11 is 11.7. The van der Waals surface area contributed by atoms with Gasteiger partial charge in [0.2, 0.25) is 5.91 Å². The molecule has 0 radical (unpaired) electrons. The van der Waals surface area contributed by atoms with Crippen molar-refractivity contribution < 1.29 is 4.79 Å². The molecule has 1 amide bonds. The fourth-order valence-corrected chi connectivity index (χ4v) is 3.56. The Bertz CT molecular complexity index is 712. The maximum atomic E-state index is 13.3. The minimum Gasteiger partial charge on any atom is -0.281 e. The highest BCUT2D eigenvalue weighted by atomic mass is 35.5. The van der Waals surface area contributed by atoms with Crippen molar-refractivity contribution in [1.82, 2.24) is 0 Å². The topological polar surface area (TPSA) is 20.3 Å². The van der Waals surface area contributed by atoms with Gasteiger partial charge in [-0.15, -0.1) is 0 Å². The molecule has 2 atom stereocenters. The van der Waals surface area contributed by atoms with Crippen LogP contribution in [0, 0.1) is 17.3 Å². The fraction of sp³-hybridized carbons (Fsp3) is 0.250. The molecule has 4 heteroatoms. The van der Waals surface area contributed by atoms with Crippen LogP contribution in [0.25, 0.3) is 0 Å². The highest BCUT2D eigenvalue weighted by Crippen LogP contribution is 2.61. The molecular weight excluding hydrogens is 341 g/mol. The van der Waals surface area contributed by atoms with Gasteiger partial charge in [-0.25, -0.2) is 0 Å². The molecule has 0 spiro atoms. The predicted octanol–water partition coefficient (Wildman–Crippen LogP) is 5.94. The summed E-state index contributed by atoms with van der Waals surface area (Å²) in [5.41, 5.74) is 1.56. The second-order valence-electron chi connectivity index (χ2n) is 6.63. The number of rotatable bonds is 4. The molecule has 0 N–H and O–H groups in total. The molecule has 0 bridgehead atoms. The average molecular weight is 360 g/mol. The first-order valence-corrected chi connectivity index (χ1v) is 8.65. The van der Waals surface area contributed by atoms with Crippen LogP contribution in [0.2, 0.25) is 0 Å². The van der Waals surface area contributed by atoms with Crippen LogP contribution in [0.3, 0.4) is 0 Å². The summed E-state index contributed by atoms with van der Waals surface area (Å²) in [6.07, 6.45) is 1.78. The van der Waals surface area contributed by atoms with E-state index < -0.39 is 0 Å². The molecule has 3 rings (SSSR count). The lowest BCUT2D eigenvalue weighted by Gasteiger charge is -2.24. The van der Waals surface area contributed by atoms with Gasteiger partial charge in [0.25, 0.3) is 0 Å². The van der Waals surface area contributed by atoms with E-state index in [4.69, 9.17) is 23.2 Å². The van der Waals surface area contributed by atoms with Crippen LogP contribution in [0.5, 0.6) is 0 Å². The van der Waals surface area contributed by atoms with E-state index in [0.717, 1.165) is 11.4 Å². The molecule has 24 heavy (non-hydrogen) atoms. The standard InChI is InChI=1S/C20H19Cl2NO/c1-20(2)16(13-17(21)22)18(20)19(24)23(14-9-5-3-6-10-14)15-11-7-4-8-12-15/h3-13,16,18H,1-2H3/t16-,18-/m0/s1. The number of carbonyl (C=O) groups is 1. The van der Waals surface area contributed by atoms with Crippen LogP contribution in [0.15, 0.2) is 71.2 Å². The third kappa shape index (κ3) is 3.22. The Morgan fingerprint density at radius 3 is 1.83 bits per heavy atom. The van der Waals surface area contributed by atoms with E-state index in [1.807, 2.05) is 60.7 Å². The van der Waals surface area contributed by atoms with E-state index in [0.29, 0.717) is 0 Å². The minimum absolute atomic E-state index is 0.0462. The van der Waals surface area contributed by atoms with Gasteiger partial charge in [-0.05, 0) is 41.7 Å². The zero-order valence-electron chi connectivity index (χ0n) is 13.6. The molecule has 0 heterocycles. The van der Waals surface area contributed by atoms with Gasteiger partial charge in [0.15, 0.2) is 0 Å². The molecule has 1 fully saturated rings. The van der Waals surface area contributed by atoms with E-state index in [2.05, 4.69) is 13.8 Å². The van der Waals surface area contributed by atoms with Crippen molar-refractivity contribution in [3.8, 4) is 0 Å². The van der Waals surface area contributed by atoms with Gasteiger partial charge >= 0.3 is 0 Å². The Kier molecular flexibility index (Phi) is 4.71. The van der Waals surface area contributed by atoms with Crippen LogP contribution in [0.4, 0.5) is 11.4 Å². The molecule has 2 aromatic carbocycles. The van der Waals surface area contributed by atoms with Gasteiger partial charge in [-0.2, -0.15) is 0 Å². The van der Waals surface area contributed by atoms with E-state index >= 15 is 0 Å². The quantitative estimate of drug-likeness (QED) is 0.660. The summed E-state index contributed by atoms with van der Waals surface area (Å²) in [5, 5.41) is 0. The van der Waals surface area contributed by atoms with Crippen molar-refractivity contribution >= 4 is 40.5 Å². The van der Waals surface area contributed by atoms with Crippen molar-refractivity contribution in [1.29, 1.82) is 0 Å². The molecule has 124 valence electrons. The predicted molar refractivity (Wildman–Crippen MR) is 101 cm³/mol. The van der Waals surface area contributed by atoms with E-state index in [-0.39, 0.29) is 27.6 Å². The monoisotopic (exact) mass is 359 g/mol. The summed E-state index contributed by atoms with van der Waals surface area (Å²) in [6, 6.07) is 19.4. The highest BCUT2D eigenvalue weighted by Gasteiger charge is 2.61. The fourth-order valence-electron chi connectivity index (χ4n) is 3.29. The summed E-state index contributed by atoms with van der Waals surface area (Å²) in [5.74, 6) is -0.0384. The zero-order valence-corrected chi connectivity index (χ0v) is 15.1. The van der Waals surface area contributed by atoms with Gasteiger partial charge < -0.3 is 0 Å². The molecule has 0 saturated heterocycles. The lowest BCUT2D eigenvalue weighted by molar-refractivity contribution is -0.119.